The van der Waals surface area contributed by atoms with Gasteiger partial charge in [-0.15, -0.1) is 0 Å². The summed E-state index contributed by atoms with van der Waals surface area (Å²) in [7, 11) is 0. The molecule has 4 rings (SSSR count). The van der Waals surface area contributed by atoms with E-state index in [1.165, 1.54) is 12.1 Å². The minimum atomic E-state index is -0.309. The Labute approximate surface area is 167 Å². The van der Waals surface area contributed by atoms with Gasteiger partial charge in [-0.25, -0.2) is 9.38 Å². The summed E-state index contributed by atoms with van der Waals surface area (Å²) in [6.45, 7) is 4.07. The number of thioether (sulfide) groups is 1. The number of fused-ring (bicyclic) bond motifs is 1. The van der Waals surface area contributed by atoms with Crippen LogP contribution >= 0.6 is 23.4 Å². The van der Waals surface area contributed by atoms with Crippen molar-refractivity contribution in [3.8, 4) is 11.5 Å². The van der Waals surface area contributed by atoms with Crippen LogP contribution in [0.2, 0.25) is 5.02 Å². The molecule has 1 fully saturated rings. The third-order valence-corrected chi connectivity index (χ3v) is 6.12. The number of likely N-dealkylation sites (tertiary alicyclic amines) is 1. The number of benzene rings is 2. The molecule has 7 heteroatoms. The van der Waals surface area contributed by atoms with Gasteiger partial charge in [-0.3, -0.25) is 0 Å². The summed E-state index contributed by atoms with van der Waals surface area (Å²) in [5.74, 6) is 1.16. The van der Waals surface area contributed by atoms with E-state index < -0.39 is 0 Å². The van der Waals surface area contributed by atoms with Gasteiger partial charge in [0.1, 0.15) is 5.82 Å². The first-order valence-electron chi connectivity index (χ1n) is 8.71. The van der Waals surface area contributed by atoms with Gasteiger partial charge in [-0.2, -0.15) is 0 Å². The molecule has 2 aromatic rings. The molecule has 0 aromatic heterocycles. The number of hydrogen-bond acceptors (Lipinski definition) is 4. The van der Waals surface area contributed by atoms with Gasteiger partial charge in [0, 0.05) is 29.6 Å². The minimum Gasteiger partial charge on any atom is -0.454 e. The Balaban J connectivity index is 1.57. The van der Waals surface area contributed by atoms with Crippen LogP contribution in [0.25, 0.3) is 0 Å². The number of hydrogen-bond donors (Lipinski definition) is 0. The molecule has 0 amide bonds. The van der Waals surface area contributed by atoms with Gasteiger partial charge >= 0.3 is 0 Å². The van der Waals surface area contributed by atoms with Crippen molar-refractivity contribution in [3.05, 3.63) is 52.8 Å². The van der Waals surface area contributed by atoms with E-state index in [1.807, 2.05) is 24.5 Å². The maximum atomic E-state index is 13.4. The highest BCUT2D eigenvalue weighted by Crippen LogP contribution is 2.40. The third kappa shape index (κ3) is 3.60. The molecule has 2 aliphatic heterocycles. The molecule has 0 unspecified atom stereocenters. The summed E-state index contributed by atoms with van der Waals surface area (Å²) in [6.07, 6.45) is 2.95. The highest BCUT2D eigenvalue weighted by molar-refractivity contribution is 8.13. The van der Waals surface area contributed by atoms with E-state index in [0.29, 0.717) is 5.02 Å². The van der Waals surface area contributed by atoms with Crippen LogP contribution in [0.3, 0.4) is 0 Å². The molecule has 1 saturated heterocycles. The lowest BCUT2D eigenvalue weighted by atomic mass is 9.82. The number of nitrogens with zero attached hydrogens (tertiary/aromatic N) is 2. The van der Waals surface area contributed by atoms with Crippen LogP contribution in [-0.2, 0) is 5.41 Å². The SMILES string of the molecule is CSC(=Nc1ccc2c(c1)OCO2)N1CC[C@@](C)(c2ccc(F)cc2Cl)C1. The Morgan fingerprint density at radius 3 is 2.81 bits per heavy atom. The van der Waals surface area contributed by atoms with Gasteiger partial charge < -0.3 is 14.4 Å². The zero-order valence-corrected chi connectivity index (χ0v) is 16.7. The van der Waals surface area contributed by atoms with E-state index >= 15 is 0 Å². The summed E-state index contributed by atoms with van der Waals surface area (Å²) in [6, 6.07) is 10.4. The third-order valence-electron chi connectivity index (χ3n) is 5.09. The molecule has 0 radical (unpaired) electrons. The van der Waals surface area contributed by atoms with E-state index in [1.54, 1.807) is 17.8 Å². The number of ether oxygens (including phenoxy) is 2. The topological polar surface area (TPSA) is 34.1 Å². The van der Waals surface area contributed by atoms with Crippen molar-refractivity contribution in [1.29, 1.82) is 0 Å². The molecular formula is C20H20ClFN2O2S. The lowest BCUT2D eigenvalue weighted by Crippen LogP contribution is -2.31. The van der Waals surface area contributed by atoms with E-state index in [4.69, 9.17) is 26.1 Å². The molecule has 1 atom stereocenters. The van der Waals surface area contributed by atoms with E-state index in [-0.39, 0.29) is 18.0 Å². The highest BCUT2D eigenvalue weighted by Gasteiger charge is 2.38. The molecule has 0 spiro atoms. The largest absolute Gasteiger partial charge is 0.454 e. The fourth-order valence-corrected chi connectivity index (χ4v) is 4.64. The summed E-state index contributed by atoms with van der Waals surface area (Å²) < 4.78 is 24.2. The first-order chi connectivity index (χ1) is 13.0. The van der Waals surface area contributed by atoms with Crippen molar-refractivity contribution in [2.45, 2.75) is 18.8 Å². The van der Waals surface area contributed by atoms with E-state index in [0.717, 1.165) is 47.4 Å². The van der Waals surface area contributed by atoms with Gasteiger partial charge in [0.25, 0.3) is 0 Å². The van der Waals surface area contributed by atoms with Crippen molar-refractivity contribution in [1.82, 2.24) is 4.90 Å². The zero-order valence-electron chi connectivity index (χ0n) is 15.2. The van der Waals surface area contributed by atoms with Crippen molar-refractivity contribution in [3.63, 3.8) is 0 Å². The van der Waals surface area contributed by atoms with E-state index in [9.17, 15) is 4.39 Å². The van der Waals surface area contributed by atoms with Gasteiger partial charge in [-0.1, -0.05) is 36.4 Å². The Bertz CT molecular complexity index is 908. The predicted octanol–water partition coefficient (Wildman–Crippen LogP) is 5.22. The highest BCUT2D eigenvalue weighted by atomic mass is 35.5. The molecular weight excluding hydrogens is 387 g/mol. The monoisotopic (exact) mass is 406 g/mol. The number of rotatable bonds is 2. The predicted molar refractivity (Wildman–Crippen MR) is 108 cm³/mol. The second-order valence-corrected chi connectivity index (χ2v) is 8.17. The fraction of sp³-hybridized carbons (Fsp3) is 0.350. The number of aliphatic imine (C=N–C) groups is 1. The molecule has 4 nitrogen and oxygen atoms in total. The minimum absolute atomic E-state index is 0.143. The lowest BCUT2D eigenvalue weighted by Gasteiger charge is -2.27. The second kappa shape index (κ2) is 7.24. The van der Waals surface area contributed by atoms with Crippen molar-refractivity contribution >= 4 is 34.2 Å². The summed E-state index contributed by atoms with van der Waals surface area (Å²) in [4.78, 5) is 7.07. The Hall–Kier alpha value is -1.92. The van der Waals surface area contributed by atoms with Crippen molar-refractivity contribution < 1.29 is 13.9 Å². The fourth-order valence-electron chi connectivity index (χ4n) is 3.63. The van der Waals surface area contributed by atoms with Crippen LogP contribution in [-0.4, -0.2) is 36.2 Å². The van der Waals surface area contributed by atoms with E-state index in [2.05, 4.69) is 11.8 Å². The number of halogens is 2. The van der Waals surface area contributed by atoms with Gasteiger partial charge in [-0.05, 0) is 42.5 Å². The molecule has 2 heterocycles. The van der Waals surface area contributed by atoms with Crippen LogP contribution in [0.4, 0.5) is 10.1 Å². The van der Waals surface area contributed by atoms with Gasteiger partial charge in [0.05, 0.1) is 5.69 Å². The van der Waals surface area contributed by atoms with Crippen LogP contribution in [0, 0.1) is 5.82 Å². The van der Waals surface area contributed by atoms with Crippen LogP contribution < -0.4 is 9.47 Å². The molecule has 27 heavy (non-hydrogen) atoms. The molecule has 0 N–H and O–H groups in total. The molecule has 0 bridgehead atoms. The summed E-state index contributed by atoms with van der Waals surface area (Å²) in [5.41, 5.74) is 1.67. The zero-order chi connectivity index (χ0) is 19.0. The average Bonchev–Trinajstić information content (AvgIpc) is 3.26. The van der Waals surface area contributed by atoms with Crippen molar-refractivity contribution in [2.24, 2.45) is 4.99 Å². The molecule has 142 valence electrons. The smallest absolute Gasteiger partial charge is 0.231 e. The Kier molecular flexibility index (Phi) is 4.95. The van der Waals surface area contributed by atoms with Gasteiger partial charge in [0.2, 0.25) is 6.79 Å². The lowest BCUT2D eigenvalue weighted by molar-refractivity contribution is 0.174. The normalized spacial score (nSPS) is 21.8. The molecule has 0 aliphatic carbocycles. The number of amidine groups is 1. The van der Waals surface area contributed by atoms with Gasteiger partial charge in [0.15, 0.2) is 16.7 Å². The quantitative estimate of drug-likeness (QED) is 0.505. The van der Waals surface area contributed by atoms with Crippen LogP contribution in [0.1, 0.15) is 18.9 Å². The summed E-state index contributed by atoms with van der Waals surface area (Å²) in [5, 5.41) is 1.42. The van der Waals surface area contributed by atoms with Crippen molar-refractivity contribution in [2.75, 3.05) is 26.1 Å². The molecule has 2 aromatic carbocycles. The molecule has 2 aliphatic rings. The average molecular weight is 407 g/mol. The first kappa shape index (κ1) is 18.4. The van der Waals surface area contributed by atoms with Crippen LogP contribution in [0.15, 0.2) is 41.4 Å². The standard InChI is InChI=1S/C20H20ClFN2O2S/c1-20(15-5-3-13(22)9-16(15)21)7-8-24(11-20)19(27-2)23-14-4-6-17-18(10-14)26-12-25-17/h3-6,9-10H,7-8,11-12H2,1-2H3/t20-/m1/s1. The Morgan fingerprint density at radius 2 is 2.04 bits per heavy atom. The Morgan fingerprint density at radius 1 is 1.22 bits per heavy atom. The second-order valence-electron chi connectivity index (χ2n) is 6.99. The van der Waals surface area contributed by atoms with Crippen LogP contribution in [0.5, 0.6) is 11.5 Å². The first-order valence-corrected chi connectivity index (χ1v) is 10.3. The maximum absolute atomic E-state index is 13.4. The summed E-state index contributed by atoms with van der Waals surface area (Å²) >= 11 is 7.93. The maximum Gasteiger partial charge on any atom is 0.231 e. The molecule has 0 saturated carbocycles.